The van der Waals surface area contributed by atoms with Gasteiger partial charge in [0, 0.05) is 11.6 Å². The van der Waals surface area contributed by atoms with Gasteiger partial charge in [-0.05, 0) is 31.3 Å². The van der Waals surface area contributed by atoms with E-state index >= 15 is 0 Å². The molecule has 3 N–H and O–H groups in total. The average molecular weight is 268 g/mol. The van der Waals surface area contributed by atoms with Crippen LogP contribution in [0.15, 0.2) is 6.33 Å². The van der Waals surface area contributed by atoms with Crippen molar-refractivity contribution in [1.82, 2.24) is 9.97 Å². The van der Waals surface area contributed by atoms with E-state index in [1.807, 2.05) is 11.8 Å². The van der Waals surface area contributed by atoms with Gasteiger partial charge in [0.1, 0.15) is 18.0 Å². The second-order valence-corrected chi connectivity index (χ2v) is 5.76. The molecule has 1 heterocycles. The Hall–Kier alpha value is -0.970. The summed E-state index contributed by atoms with van der Waals surface area (Å²) in [6.45, 7) is 6.51. The Balaban J connectivity index is 2.62. The molecule has 0 aromatic carbocycles. The van der Waals surface area contributed by atoms with Crippen LogP contribution in [0.1, 0.15) is 39.2 Å². The highest BCUT2D eigenvalue weighted by Gasteiger charge is 2.10. The molecule has 0 spiro atoms. The van der Waals surface area contributed by atoms with Gasteiger partial charge in [-0.2, -0.15) is 11.8 Å². The fourth-order valence-corrected chi connectivity index (χ4v) is 2.57. The van der Waals surface area contributed by atoms with Gasteiger partial charge in [0.2, 0.25) is 0 Å². The molecular formula is C13H24N4S. The van der Waals surface area contributed by atoms with Crippen LogP contribution in [0.4, 0.5) is 11.6 Å². The monoisotopic (exact) mass is 268 g/mol. The first-order valence-electron chi connectivity index (χ1n) is 6.62. The van der Waals surface area contributed by atoms with E-state index in [0.29, 0.717) is 11.9 Å². The number of hydrogen-bond donors (Lipinski definition) is 2. The van der Waals surface area contributed by atoms with Crippen LogP contribution in [0, 0.1) is 0 Å². The van der Waals surface area contributed by atoms with Crippen molar-refractivity contribution in [3.63, 3.8) is 0 Å². The highest BCUT2D eigenvalue weighted by atomic mass is 32.2. The standard InChI is InChI=1S/C13H24N4S/c1-4-6-11-12(14)15-9-16-13(11)17-10(3)7-8-18-5-2/h9-10H,4-8H2,1-3H3,(H3,14,15,16,17). The molecule has 0 aliphatic heterocycles. The van der Waals surface area contributed by atoms with E-state index in [-0.39, 0.29) is 0 Å². The van der Waals surface area contributed by atoms with Crippen molar-refractivity contribution in [2.24, 2.45) is 0 Å². The molecule has 0 saturated heterocycles. The summed E-state index contributed by atoms with van der Waals surface area (Å²) < 4.78 is 0. The number of hydrogen-bond acceptors (Lipinski definition) is 5. The SMILES string of the molecule is CCCc1c(N)ncnc1NC(C)CCSCC. The van der Waals surface area contributed by atoms with Crippen molar-refractivity contribution in [3.05, 3.63) is 11.9 Å². The summed E-state index contributed by atoms with van der Waals surface area (Å²) in [6.07, 6.45) is 4.63. The molecule has 0 aliphatic rings. The Labute approximate surface area is 114 Å². The molecule has 1 unspecified atom stereocenters. The van der Waals surface area contributed by atoms with E-state index in [2.05, 4.69) is 36.1 Å². The van der Waals surface area contributed by atoms with E-state index in [0.717, 1.165) is 30.6 Å². The lowest BCUT2D eigenvalue weighted by atomic mass is 10.1. The number of rotatable bonds is 8. The zero-order valence-electron chi connectivity index (χ0n) is 11.6. The lowest BCUT2D eigenvalue weighted by Crippen LogP contribution is -2.19. The molecule has 0 aliphatic carbocycles. The smallest absolute Gasteiger partial charge is 0.134 e. The van der Waals surface area contributed by atoms with Gasteiger partial charge >= 0.3 is 0 Å². The molecule has 0 saturated carbocycles. The molecule has 4 nitrogen and oxygen atoms in total. The van der Waals surface area contributed by atoms with Crippen LogP contribution in [-0.2, 0) is 6.42 Å². The quantitative estimate of drug-likeness (QED) is 0.710. The number of anilines is 2. The number of nitrogens with two attached hydrogens (primary N) is 1. The summed E-state index contributed by atoms with van der Waals surface area (Å²) in [7, 11) is 0. The maximum atomic E-state index is 5.91. The van der Waals surface area contributed by atoms with Crippen LogP contribution in [0.2, 0.25) is 0 Å². The first-order valence-corrected chi connectivity index (χ1v) is 7.78. The maximum Gasteiger partial charge on any atom is 0.134 e. The molecule has 18 heavy (non-hydrogen) atoms. The molecule has 1 atom stereocenters. The van der Waals surface area contributed by atoms with E-state index in [4.69, 9.17) is 5.73 Å². The van der Waals surface area contributed by atoms with Gasteiger partial charge in [0.25, 0.3) is 0 Å². The average Bonchev–Trinajstić information content (AvgIpc) is 2.34. The number of thioether (sulfide) groups is 1. The summed E-state index contributed by atoms with van der Waals surface area (Å²) in [5.74, 6) is 3.85. The molecule has 1 rings (SSSR count). The number of nitrogens with zero attached hydrogens (tertiary/aromatic N) is 2. The van der Waals surface area contributed by atoms with Crippen molar-refractivity contribution in [3.8, 4) is 0 Å². The molecule has 102 valence electrons. The maximum absolute atomic E-state index is 5.91. The van der Waals surface area contributed by atoms with Gasteiger partial charge in [-0.25, -0.2) is 9.97 Å². The van der Waals surface area contributed by atoms with Crippen LogP contribution < -0.4 is 11.1 Å². The minimum absolute atomic E-state index is 0.411. The summed E-state index contributed by atoms with van der Waals surface area (Å²) >= 11 is 1.97. The fraction of sp³-hybridized carbons (Fsp3) is 0.692. The fourth-order valence-electron chi connectivity index (χ4n) is 1.76. The predicted molar refractivity (Wildman–Crippen MR) is 81.1 cm³/mol. The predicted octanol–water partition coefficient (Wildman–Crippen LogP) is 2.95. The highest BCUT2D eigenvalue weighted by molar-refractivity contribution is 7.99. The van der Waals surface area contributed by atoms with Crippen molar-refractivity contribution in [2.45, 2.75) is 46.1 Å². The Kier molecular flexibility index (Phi) is 6.86. The Bertz CT molecular complexity index is 357. The largest absolute Gasteiger partial charge is 0.383 e. The minimum Gasteiger partial charge on any atom is -0.383 e. The molecule has 0 bridgehead atoms. The molecular weight excluding hydrogens is 244 g/mol. The number of nitrogen functional groups attached to an aromatic ring is 1. The van der Waals surface area contributed by atoms with Crippen LogP contribution in [0.3, 0.4) is 0 Å². The first kappa shape index (κ1) is 15.1. The van der Waals surface area contributed by atoms with Crippen molar-refractivity contribution in [2.75, 3.05) is 22.6 Å². The Morgan fingerprint density at radius 2 is 2.17 bits per heavy atom. The zero-order chi connectivity index (χ0) is 13.4. The topological polar surface area (TPSA) is 63.8 Å². The minimum atomic E-state index is 0.411. The lowest BCUT2D eigenvalue weighted by molar-refractivity contribution is 0.760. The van der Waals surface area contributed by atoms with E-state index < -0.39 is 0 Å². The van der Waals surface area contributed by atoms with Gasteiger partial charge in [-0.15, -0.1) is 0 Å². The van der Waals surface area contributed by atoms with Crippen LogP contribution in [-0.4, -0.2) is 27.5 Å². The van der Waals surface area contributed by atoms with Gasteiger partial charge in [0.15, 0.2) is 0 Å². The molecule has 0 radical (unpaired) electrons. The van der Waals surface area contributed by atoms with Crippen LogP contribution in [0.25, 0.3) is 0 Å². The van der Waals surface area contributed by atoms with Crippen LogP contribution >= 0.6 is 11.8 Å². The third-order valence-electron chi connectivity index (χ3n) is 2.76. The Morgan fingerprint density at radius 1 is 1.39 bits per heavy atom. The van der Waals surface area contributed by atoms with Crippen molar-refractivity contribution in [1.29, 1.82) is 0 Å². The summed E-state index contributed by atoms with van der Waals surface area (Å²) in [5, 5.41) is 3.45. The first-order chi connectivity index (χ1) is 8.69. The summed E-state index contributed by atoms with van der Waals surface area (Å²) in [5.41, 5.74) is 6.96. The number of nitrogens with one attached hydrogen (secondary N) is 1. The van der Waals surface area contributed by atoms with Crippen molar-refractivity contribution < 1.29 is 0 Å². The third-order valence-corrected chi connectivity index (χ3v) is 3.69. The normalized spacial score (nSPS) is 12.4. The van der Waals surface area contributed by atoms with E-state index in [1.54, 1.807) is 0 Å². The second-order valence-electron chi connectivity index (χ2n) is 4.37. The molecule has 1 aromatic heterocycles. The van der Waals surface area contributed by atoms with Gasteiger partial charge in [-0.3, -0.25) is 0 Å². The zero-order valence-corrected chi connectivity index (χ0v) is 12.4. The molecule has 1 aromatic rings. The molecule has 0 fully saturated rings. The van der Waals surface area contributed by atoms with Crippen molar-refractivity contribution >= 4 is 23.4 Å². The van der Waals surface area contributed by atoms with Gasteiger partial charge in [0.05, 0.1) is 0 Å². The van der Waals surface area contributed by atoms with E-state index in [1.165, 1.54) is 17.8 Å². The number of aromatic nitrogens is 2. The van der Waals surface area contributed by atoms with E-state index in [9.17, 15) is 0 Å². The van der Waals surface area contributed by atoms with Crippen LogP contribution in [0.5, 0.6) is 0 Å². The van der Waals surface area contributed by atoms with Gasteiger partial charge < -0.3 is 11.1 Å². The lowest BCUT2D eigenvalue weighted by Gasteiger charge is -2.17. The molecule has 5 heteroatoms. The molecule has 0 amide bonds. The second kappa shape index (κ2) is 8.19. The third kappa shape index (κ3) is 4.72. The summed E-state index contributed by atoms with van der Waals surface area (Å²) in [4.78, 5) is 8.38. The Morgan fingerprint density at radius 3 is 2.83 bits per heavy atom. The highest BCUT2D eigenvalue weighted by Crippen LogP contribution is 2.20. The van der Waals surface area contributed by atoms with Gasteiger partial charge in [-0.1, -0.05) is 20.3 Å². The summed E-state index contributed by atoms with van der Waals surface area (Å²) in [6, 6.07) is 0.411.